The largest absolute Gasteiger partial charge is 0.495 e. The van der Waals surface area contributed by atoms with Crippen LogP contribution < -0.4 is 15.8 Å². The highest BCUT2D eigenvalue weighted by Crippen LogP contribution is 2.27. The van der Waals surface area contributed by atoms with Crippen LogP contribution in [0.2, 0.25) is 5.02 Å². The lowest BCUT2D eigenvalue weighted by molar-refractivity contribution is -0.125. The maximum absolute atomic E-state index is 11.7. The molecule has 0 aliphatic carbocycles. The molecular formula is C11H15ClN2O3. The third-order valence-corrected chi connectivity index (χ3v) is 2.52. The van der Waals surface area contributed by atoms with Crippen molar-refractivity contribution in [1.82, 2.24) is 0 Å². The number of hydrogen-bond acceptors (Lipinski definition) is 4. The van der Waals surface area contributed by atoms with Crippen LogP contribution in [0.3, 0.4) is 0 Å². The second kappa shape index (κ2) is 6.44. The van der Waals surface area contributed by atoms with E-state index in [1.807, 2.05) is 0 Å². The summed E-state index contributed by atoms with van der Waals surface area (Å²) >= 11 is 5.87. The van der Waals surface area contributed by atoms with Gasteiger partial charge in [-0.3, -0.25) is 4.79 Å². The second-order valence-electron chi connectivity index (χ2n) is 3.30. The standard InChI is InChI=1S/C11H15ClN2O3/c1-16-9-5-7(3-4-8(9)12)14-11(15)10(6-13)17-2/h3-5,10H,6,13H2,1-2H3,(H,14,15). The van der Waals surface area contributed by atoms with Crippen LogP contribution in [-0.4, -0.2) is 32.8 Å². The van der Waals surface area contributed by atoms with Crippen molar-refractivity contribution in [2.45, 2.75) is 6.10 Å². The Bertz CT molecular complexity index is 394. The van der Waals surface area contributed by atoms with Crippen molar-refractivity contribution >= 4 is 23.2 Å². The third kappa shape index (κ3) is 3.59. The molecule has 1 rings (SSSR count). The zero-order chi connectivity index (χ0) is 12.8. The van der Waals surface area contributed by atoms with E-state index in [1.54, 1.807) is 18.2 Å². The second-order valence-corrected chi connectivity index (χ2v) is 3.71. The number of methoxy groups -OCH3 is 2. The Morgan fingerprint density at radius 3 is 2.76 bits per heavy atom. The van der Waals surface area contributed by atoms with Crippen LogP contribution in [0, 0.1) is 0 Å². The van der Waals surface area contributed by atoms with Crippen molar-refractivity contribution in [2.24, 2.45) is 5.73 Å². The van der Waals surface area contributed by atoms with Gasteiger partial charge >= 0.3 is 0 Å². The average Bonchev–Trinajstić information content (AvgIpc) is 2.33. The van der Waals surface area contributed by atoms with E-state index in [1.165, 1.54) is 14.2 Å². The molecule has 1 atom stereocenters. The predicted octanol–water partition coefficient (Wildman–Crippen LogP) is 1.26. The van der Waals surface area contributed by atoms with Gasteiger partial charge in [-0.15, -0.1) is 0 Å². The predicted molar refractivity (Wildman–Crippen MR) is 66.5 cm³/mol. The first-order valence-corrected chi connectivity index (χ1v) is 5.37. The average molecular weight is 259 g/mol. The minimum Gasteiger partial charge on any atom is -0.495 e. The highest BCUT2D eigenvalue weighted by molar-refractivity contribution is 6.32. The molecule has 3 N–H and O–H groups in total. The zero-order valence-electron chi connectivity index (χ0n) is 9.70. The number of ether oxygens (including phenoxy) is 2. The fourth-order valence-corrected chi connectivity index (χ4v) is 1.47. The number of benzene rings is 1. The van der Waals surface area contributed by atoms with Crippen LogP contribution in [0.25, 0.3) is 0 Å². The Hall–Kier alpha value is -1.30. The van der Waals surface area contributed by atoms with Gasteiger partial charge in [0.05, 0.1) is 12.1 Å². The summed E-state index contributed by atoms with van der Waals surface area (Å²) in [4.78, 5) is 11.7. The summed E-state index contributed by atoms with van der Waals surface area (Å²) in [5.41, 5.74) is 5.96. The molecule has 0 radical (unpaired) electrons. The quantitative estimate of drug-likeness (QED) is 0.834. The van der Waals surface area contributed by atoms with E-state index in [2.05, 4.69) is 5.32 Å². The van der Waals surface area contributed by atoms with Gasteiger partial charge < -0.3 is 20.5 Å². The molecule has 0 bridgehead atoms. The van der Waals surface area contributed by atoms with E-state index in [0.29, 0.717) is 16.5 Å². The van der Waals surface area contributed by atoms with Crippen LogP contribution in [0.5, 0.6) is 5.75 Å². The van der Waals surface area contributed by atoms with E-state index < -0.39 is 6.10 Å². The molecule has 0 aromatic heterocycles. The number of carbonyl (C=O) groups excluding carboxylic acids is 1. The van der Waals surface area contributed by atoms with Gasteiger partial charge in [-0.1, -0.05) is 11.6 Å². The van der Waals surface area contributed by atoms with Crippen molar-refractivity contribution < 1.29 is 14.3 Å². The van der Waals surface area contributed by atoms with E-state index in [-0.39, 0.29) is 12.5 Å². The highest BCUT2D eigenvalue weighted by atomic mass is 35.5. The van der Waals surface area contributed by atoms with E-state index in [4.69, 9.17) is 26.8 Å². The van der Waals surface area contributed by atoms with Crippen molar-refractivity contribution in [3.05, 3.63) is 23.2 Å². The zero-order valence-corrected chi connectivity index (χ0v) is 10.5. The topological polar surface area (TPSA) is 73.6 Å². The first-order chi connectivity index (χ1) is 8.12. The minimum absolute atomic E-state index is 0.118. The van der Waals surface area contributed by atoms with Crippen LogP contribution in [-0.2, 0) is 9.53 Å². The van der Waals surface area contributed by atoms with E-state index in [0.717, 1.165) is 0 Å². The molecule has 1 aromatic rings. The summed E-state index contributed by atoms with van der Waals surface area (Å²) in [6.45, 7) is 0.118. The molecule has 0 aliphatic rings. The van der Waals surface area contributed by atoms with E-state index in [9.17, 15) is 4.79 Å². The van der Waals surface area contributed by atoms with Crippen molar-refractivity contribution in [3.8, 4) is 5.75 Å². The van der Waals surface area contributed by atoms with Gasteiger partial charge in [-0.05, 0) is 12.1 Å². The number of anilines is 1. The molecule has 0 saturated heterocycles. The summed E-state index contributed by atoms with van der Waals surface area (Å²) < 4.78 is 9.96. The first-order valence-electron chi connectivity index (χ1n) is 4.99. The maximum atomic E-state index is 11.7. The molecule has 1 unspecified atom stereocenters. The van der Waals surface area contributed by atoms with Gasteiger partial charge in [0.1, 0.15) is 11.9 Å². The lowest BCUT2D eigenvalue weighted by Crippen LogP contribution is -2.35. The molecule has 0 heterocycles. The third-order valence-electron chi connectivity index (χ3n) is 2.21. The van der Waals surface area contributed by atoms with Gasteiger partial charge in [0, 0.05) is 25.4 Å². The van der Waals surface area contributed by atoms with Crippen LogP contribution >= 0.6 is 11.6 Å². The minimum atomic E-state index is -0.670. The Balaban J connectivity index is 2.78. The Labute approximate surface area is 105 Å². The van der Waals surface area contributed by atoms with Crippen LogP contribution in [0.15, 0.2) is 18.2 Å². The van der Waals surface area contributed by atoms with Gasteiger partial charge in [0.15, 0.2) is 0 Å². The molecule has 94 valence electrons. The fourth-order valence-electron chi connectivity index (χ4n) is 1.27. The Kier molecular flexibility index (Phi) is 5.21. The van der Waals surface area contributed by atoms with E-state index >= 15 is 0 Å². The summed E-state index contributed by atoms with van der Waals surface area (Å²) in [7, 11) is 2.93. The van der Waals surface area contributed by atoms with Gasteiger partial charge in [-0.2, -0.15) is 0 Å². The number of nitrogens with one attached hydrogen (secondary N) is 1. The molecule has 1 amide bonds. The Morgan fingerprint density at radius 2 is 2.24 bits per heavy atom. The summed E-state index contributed by atoms with van der Waals surface area (Å²) in [6, 6.07) is 4.94. The number of hydrogen-bond donors (Lipinski definition) is 2. The smallest absolute Gasteiger partial charge is 0.254 e. The molecule has 0 aliphatic heterocycles. The van der Waals surface area contributed by atoms with Gasteiger partial charge in [0.2, 0.25) is 0 Å². The van der Waals surface area contributed by atoms with Gasteiger partial charge in [0.25, 0.3) is 5.91 Å². The normalized spacial score (nSPS) is 12.0. The summed E-state index contributed by atoms with van der Waals surface area (Å²) in [5, 5.41) is 3.14. The molecular weight excluding hydrogens is 244 g/mol. The molecule has 0 spiro atoms. The molecule has 0 saturated carbocycles. The number of nitrogens with two attached hydrogens (primary N) is 1. The number of carbonyl (C=O) groups is 1. The fraction of sp³-hybridized carbons (Fsp3) is 0.364. The Morgan fingerprint density at radius 1 is 1.53 bits per heavy atom. The maximum Gasteiger partial charge on any atom is 0.254 e. The number of rotatable bonds is 5. The molecule has 6 heteroatoms. The lowest BCUT2D eigenvalue weighted by Gasteiger charge is -2.13. The first kappa shape index (κ1) is 13.8. The van der Waals surface area contributed by atoms with Crippen LogP contribution in [0.4, 0.5) is 5.69 Å². The number of amides is 1. The van der Waals surface area contributed by atoms with Crippen LogP contribution in [0.1, 0.15) is 0 Å². The van der Waals surface area contributed by atoms with Crippen molar-refractivity contribution in [3.63, 3.8) is 0 Å². The monoisotopic (exact) mass is 258 g/mol. The molecule has 5 nitrogen and oxygen atoms in total. The molecule has 0 fully saturated rings. The summed E-state index contributed by atoms with van der Waals surface area (Å²) in [5.74, 6) is 0.186. The highest BCUT2D eigenvalue weighted by Gasteiger charge is 2.16. The van der Waals surface area contributed by atoms with Gasteiger partial charge in [-0.25, -0.2) is 0 Å². The van der Waals surface area contributed by atoms with Crippen molar-refractivity contribution in [1.29, 1.82) is 0 Å². The lowest BCUT2D eigenvalue weighted by atomic mass is 10.2. The SMILES string of the molecule is COc1cc(NC(=O)C(CN)OC)ccc1Cl. The molecule has 1 aromatic carbocycles. The molecule has 17 heavy (non-hydrogen) atoms. The van der Waals surface area contributed by atoms with Crippen molar-refractivity contribution in [2.75, 3.05) is 26.1 Å². The number of halogens is 1. The summed E-state index contributed by atoms with van der Waals surface area (Å²) in [6.07, 6.45) is -0.670.